The monoisotopic (exact) mass is 662 g/mol. The van der Waals surface area contributed by atoms with Gasteiger partial charge in [-0.3, -0.25) is 9.36 Å². The van der Waals surface area contributed by atoms with Crippen LogP contribution < -0.4 is 24.4 Å². The number of hydrogen-bond acceptors (Lipinski definition) is 10. The van der Waals surface area contributed by atoms with Gasteiger partial charge >= 0.3 is 5.97 Å². The molecule has 1 aliphatic heterocycles. The molecule has 0 radical (unpaired) electrons. The number of phenols is 1. The summed E-state index contributed by atoms with van der Waals surface area (Å²) >= 11 is 4.74. The van der Waals surface area contributed by atoms with E-state index in [1.807, 2.05) is 30.3 Å². The summed E-state index contributed by atoms with van der Waals surface area (Å²) in [4.78, 5) is 32.2. The van der Waals surface area contributed by atoms with Crippen molar-refractivity contribution in [1.82, 2.24) is 4.57 Å². The first-order valence-corrected chi connectivity index (χ1v) is 14.8. The van der Waals surface area contributed by atoms with Gasteiger partial charge in [0, 0.05) is 16.1 Å². The van der Waals surface area contributed by atoms with E-state index in [2.05, 4.69) is 31.2 Å². The minimum absolute atomic E-state index is 0.0714. The summed E-state index contributed by atoms with van der Waals surface area (Å²) in [7, 11) is 3.03. The number of fused-ring (bicyclic) bond motifs is 1. The number of allylic oxidation sites excluding steroid dienone is 1. The van der Waals surface area contributed by atoms with Gasteiger partial charge in [0.25, 0.3) is 5.56 Å². The Balaban J connectivity index is 1.63. The molecule has 0 fully saturated rings. The van der Waals surface area contributed by atoms with Crippen molar-refractivity contribution in [2.45, 2.75) is 19.9 Å². The third-order valence-corrected chi connectivity index (χ3v) is 8.32. The van der Waals surface area contributed by atoms with Gasteiger partial charge in [-0.25, -0.2) is 9.79 Å². The van der Waals surface area contributed by atoms with Gasteiger partial charge in [0.05, 0.1) is 54.0 Å². The molecule has 5 rings (SSSR count). The number of carbonyl (C=O) groups is 1. The number of esters is 1. The summed E-state index contributed by atoms with van der Waals surface area (Å²) in [6.45, 7) is 3.57. The highest BCUT2D eigenvalue weighted by Crippen LogP contribution is 2.40. The Labute approximate surface area is 259 Å². The number of aromatic hydroxyl groups is 1. The molecule has 0 saturated carbocycles. The molecule has 1 N–H and O–H groups in total. The minimum atomic E-state index is -0.874. The lowest BCUT2D eigenvalue weighted by Crippen LogP contribution is -2.40. The molecule has 2 heterocycles. The van der Waals surface area contributed by atoms with Crippen molar-refractivity contribution in [1.29, 1.82) is 0 Å². The second-order valence-corrected chi connectivity index (χ2v) is 11.2. The predicted octanol–water partition coefficient (Wildman–Crippen LogP) is 5.70. The highest BCUT2D eigenvalue weighted by molar-refractivity contribution is 9.10. The maximum Gasteiger partial charge on any atom is 0.338 e. The number of benzene rings is 3. The van der Waals surface area contributed by atoms with Gasteiger partial charge < -0.3 is 19.3 Å². The highest BCUT2D eigenvalue weighted by Gasteiger charge is 2.35. The molecule has 3 aromatic carbocycles. The number of aromatic nitrogens is 1. The van der Waals surface area contributed by atoms with Crippen molar-refractivity contribution in [3.63, 3.8) is 0 Å². The van der Waals surface area contributed by atoms with E-state index in [0.29, 0.717) is 53.5 Å². The average Bonchev–Trinajstić information content (AvgIpc) is 3.31. The number of rotatable bonds is 8. The van der Waals surface area contributed by atoms with E-state index >= 15 is 0 Å². The van der Waals surface area contributed by atoms with Crippen molar-refractivity contribution in [2.24, 2.45) is 15.2 Å². The Hall–Kier alpha value is -4.55. The van der Waals surface area contributed by atoms with Gasteiger partial charge in [0.1, 0.15) is 5.75 Å². The molecule has 0 bridgehead atoms. The van der Waals surface area contributed by atoms with Gasteiger partial charge in [0.15, 0.2) is 16.3 Å². The van der Waals surface area contributed by atoms with Crippen LogP contribution in [0.1, 0.15) is 31.0 Å². The second-order valence-electron chi connectivity index (χ2n) is 9.31. The standard InChI is InChI=1S/C31H27BrN4O6S/c1-5-42-30(39)27-17(2)33-31-36(28(27)21-15-24(40-3)25(41-4)16-22(21)32)29(38)26(43-31)13-18-11-12-20(14-23(18)37)35-34-19-9-7-6-8-10-19/h6-16,28,37H,5H2,1-4H3/b26-13-,35-34?/t28-/m0/s1. The van der Waals surface area contributed by atoms with Crippen LogP contribution in [0.2, 0.25) is 0 Å². The highest BCUT2D eigenvalue weighted by atomic mass is 79.9. The number of thiazole rings is 1. The van der Waals surface area contributed by atoms with Gasteiger partial charge in [-0.15, -0.1) is 0 Å². The molecule has 220 valence electrons. The lowest BCUT2D eigenvalue weighted by Gasteiger charge is -2.26. The summed E-state index contributed by atoms with van der Waals surface area (Å²) in [5.41, 5.74) is 2.39. The van der Waals surface area contributed by atoms with E-state index in [1.54, 1.807) is 44.2 Å². The zero-order chi connectivity index (χ0) is 30.7. The maximum absolute atomic E-state index is 14.0. The summed E-state index contributed by atoms with van der Waals surface area (Å²) in [5, 5.41) is 19.1. The fourth-order valence-electron chi connectivity index (χ4n) is 4.63. The normalized spacial score (nSPS) is 14.9. The first-order chi connectivity index (χ1) is 20.7. The van der Waals surface area contributed by atoms with Crippen LogP contribution in [0.5, 0.6) is 17.2 Å². The average molecular weight is 664 g/mol. The van der Waals surface area contributed by atoms with E-state index in [4.69, 9.17) is 14.2 Å². The second kappa shape index (κ2) is 12.8. The fraction of sp³-hybridized carbons (Fsp3) is 0.194. The van der Waals surface area contributed by atoms with E-state index in [1.165, 1.54) is 24.9 Å². The van der Waals surface area contributed by atoms with Crippen LogP contribution in [0.25, 0.3) is 6.08 Å². The topological polar surface area (TPSA) is 124 Å². The minimum Gasteiger partial charge on any atom is -0.507 e. The molecule has 0 unspecified atom stereocenters. The van der Waals surface area contributed by atoms with Gasteiger partial charge in [0.2, 0.25) is 0 Å². The van der Waals surface area contributed by atoms with Crippen LogP contribution in [0.4, 0.5) is 11.4 Å². The van der Waals surface area contributed by atoms with Gasteiger partial charge in [-0.2, -0.15) is 10.2 Å². The molecule has 1 aromatic heterocycles. The van der Waals surface area contributed by atoms with Gasteiger partial charge in [-0.1, -0.05) is 45.5 Å². The molecule has 0 saturated heterocycles. The Morgan fingerprint density at radius 1 is 1.07 bits per heavy atom. The number of phenolic OH excluding ortho intramolecular Hbond substituents is 1. The maximum atomic E-state index is 14.0. The van der Waals surface area contributed by atoms with Crippen LogP contribution >= 0.6 is 27.3 Å². The molecule has 1 aliphatic rings. The largest absolute Gasteiger partial charge is 0.507 e. The predicted molar refractivity (Wildman–Crippen MR) is 166 cm³/mol. The fourth-order valence-corrected chi connectivity index (χ4v) is 6.21. The molecule has 4 aromatic rings. The van der Waals surface area contributed by atoms with Crippen molar-refractivity contribution in [2.75, 3.05) is 20.8 Å². The molecule has 1 atom stereocenters. The van der Waals surface area contributed by atoms with Crippen LogP contribution in [0, 0.1) is 0 Å². The Kier molecular flexibility index (Phi) is 8.88. The number of methoxy groups -OCH3 is 2. The summed E-state index contributed by atoms with van der Waals surface area (Å²) < 4.78 is 18.7. The number of azo groups is 1. The van der Waals surface area contributed by atoms with E-state index in [-0.39, 0.29) is 17.9 Å². The number of nitrogens with zero attached hydrogens (tertiary/aromatic N) is 4. The van der Waals surface area contributed by atoms with E-state index in [9.17, 15) is 14.7 Å². The molecule has 12 heteroatoms. The number of hydrogen-bond donors (Lipinski definition) is 1. The van der Waals surface area contributed by atoms with Crippen LogP contribution in [-0.4, -0.2) is 36.5 Å². The lowest BCUT2D eigenvalue weighted by atomic mass is 9.95. The number of ether oxygens (including phenoxy) is 3. The van der Waals surface area contributed by atoms with E-state index < -0.39 is 17.6 Å². The van der Waals surface area contributed by atoms with Crippen molar-refractivity contribution >= 4 is 50.7 Å². The molecule has 0 aliphatic carbocycles. The number of halogens is 1. The molecular formula is C31H27BrN4O6S. The Morgan fingerprint density at radius 2 is 1.77 bits per heavy atom. The smallest absolute Gasteiger partial charge is 0.338 e. The van der Waals surface area contributed by atoms with Gasteiger partial charge in [-0.05, 0) is 61.9 Å². The van der Waals surface area contributed by atoms with Crippen LogP contribution in [-0.2, 0) is 9.53 Å². The Bertz CT molecular complexity index is 1950. The summed E-state index contributed by atoms with van der Waals surface area (Å²) in [6, 6.07) is 16.6. The Morgan fingerprint density at radius 3 is 2.44 bits per heavy atom. The van der Waals surface area contributed by atoms with Crippen molar-refractivity contribution in [3.8, 4) is 17.2 Å². The SMILES string of the molecule is CCOC(=O)C1=C(C)N=c2s/c(=C\c3ccc(N=Nc4ccccc4)cc3O)c(=O)n2[C@H]1c1cc(OC)c(OC)cc1Br. The molecule has 10 nitrogen and oxygen atoms in total. The third-order valence-electron chi connectivity index (χ3n) is 6.65. The zero-order valence-electron chi connectivity index (χ0n) is 23.7. The number of carbonyl (C=O) groups excluding carboxylic acids is 1. The first-order valence-electron chi connectivity index (χ1n) is 13.2. The summed E-state index contributed by atoms with van der Waals surface area (Å²) in [5.74, 6) is 0.252. The van der Waals surface area contributed by atoms with Crippen LogP contribution in [0.3, 0.4) is 0 Å². The third kappa shape index (κ3) is 6.02. The van der Waals surface area contributed by atoms with Crippen LogP contribution in [0.15, 0.2) is 96.4 Å². The van der Waals surface area contributed by atoms with Crippen molar-refractivity contribution < 1.29 is 24.1 Å². The van der Waals surface area contributed by atoms with Crippen molar-refractivity contribution in [3.05, 3.63) is 107 Å². The molecular weight excluding hydrogens is 636 g/mol. The molecule has 0 spiro atoms. The first kappa shape index (κ1) is 29.9. The summed E-state index contributed by atoms with van der Waals surface area (Å²) in [6.07, 6.45) is 1.58. The van der Waals surface area contributed by atoms with E-state index in [0.717, 1.165) is 11.3 Å². The molecule has 43 heavy (non-hydrogen) atoms. The zero-order valence-corrected chi connectivity index (χ0v) is 26.1. The molecule has 0 amide bonds. The lowest BCUT2D eigenvalue weighted by molar-refractivity contribution is -0.139. The quantitative estimate of drug-likeness (QED) is 0.191.